The Labute approximate surface area is 121 Å². The number of aryl methyl sites for hydroxylation is 1. The number of nitrogens with zero attached hydrogens (tertiary/aromatic N) is 4. The van der Waals surface area contributed by atoms with Crippen molar-refractivity contribution in [1.82, 2.24) is 25.1 Å². The number of nitrogens with one attached hydrogen (secondary N) is 1. The van der Waals surface area contributed by atoms with Gasteiger partial charge in [-0.25, -0.2) is 14.6 Å². The molecule has 1 aromatic carbocycles. The van der Waals surface area contributed by atoms with E-state index in [1.165, 1.54) is 5.56 Å². The summed E-state index contributed by atoms with van der Waals surface area (Å²) in [5.41, 5.74) is 2.16. The first-order chi connectivity index (χ1) is 9.78. The summed E-state index contributed by atoms with van der Waals surface area (Å²) in [6.07, 6.45) is 1.56. The van der Waals surface area contributed by atoms with Crippen molar-refractivity contribution in [3.63, 3.8) is 0 Å². The third-order valence-electron chi connectivity index (χ3n) is 2.99. The van der Waals surface area contributed by atoms with Crippen molar-refractivity contribution in [2.24, 2.45) is 7.05 Å². The van der Waals surface area contributed by atoms with Crippen molar-refractivity contribution in [1.29, 1.82) is 0 Å². The van der Waals surface area contributed by atoms with Crippen molar-refractivity contribution in [3.8, 4) is 0 Å². The zero-order chi connectivity index (χ0) is 13.9. The summed E-state index contributed by atoms with van der Waals surface area (Å²) < 4.78 is 1.75. The minimum atomic E-state index is 0.776. The van der Waals surface area contributed by atoms with Gasteiger partial charge in [0.1, 0.15) is 11.4 Å². The van der Waals surface area contributed by atoms with Crippen LogP contribution >= 0.6 is 11.8 Å². The van der Waals surface area contributed by atoms with E-state index in [1.807, 2.05) is 32.3 Å². The van der Waals surface area contributed by atoms with Gasteiger partial charge in [0.2, 0.25) is 0 Å². The van der Waals surface area contributed by atoms with Crippen LogP contribution in [-0.2, 0) is 13.6 Å². The molecule has 0 saturated heterocycles. The van der Waals surface area contributed by atoms with Gasteiger partial charge in [-0.1, -0.05) is 18.2 Å². The molecule has 20 heavy (non-hydrogen) atoms. The number of pyridine rings is 1. The Kier molecular flexibility index (Phi) is 3.66. The minimum absolute atomic E-state index is 0.776. The molecule has 2 aromatic heterocycles. The third kappa shape index (κ3) is 2.52. The molecule has 5 nitrogen and oxygen atoms in total. The average Bonchev–Trinajstić information content (AvgIpc) is 2.85. The molecule has 0 atom stereocenters. The zero-order valence-corrected chi connectivity index (χ0v) is 12.2. The molecule has 0 radical (unpaired) electrons. The second-order valence-electron chi connectivity index (χ2n) is 4.44. The van der Waals surface area contributed by atoms with Crippen LogP contribution in [-0.4, -0.2) is 26.8 Å². The normalized spacial score (nSPS) is 11.1. The summed E-state index contributed by atoms with van der Waals surface area (Å²) >= 11 is 1.54. The van der Waals surface area contributed by atoms with Crippen molar-refractivity contribution in [2.45, 2.75) is 16.7 Å². The smallest absolute Gasteiger partial charge is 0.192 e. The molecular weight excluding hydrogens is 270 g/mol. The van der Waals surface area contributed by atoms with Crippen molar-refractivity contribution in [3.05, 3.63) is 42.2 Å². The lowest BCUT2D eigenvalue weighted by molar-refractivity contribution is 0.684. The fourth-order valence-electron chi connectivity index (χ4n) is 2.01. The molecule has 0 aliphatic heterocycles. The number of rotatable bonds is 4. The topological polar surface area (TPSA) is 55.6 Å². The Morgan fingerprint density at radius 1 is 1.30 bits per heavy atom. The van der Waals surface area contributed by atoms with Crippen LogP contribution in [0, 0.1) is 0 Å². The van der Waals surface area contributed by atoms with E-state index in [4.69, 9.17) is 4.98 Å². The lowest BCUT2D eigenvalue weighted by Gasteiger charge is -2.09. The van der Waals surface area contributed by atoms with E-state index in [-0.39, 0.29) is 0 Å². The highest BCUT2D eigenvalue weighted by Gasteiger charge is 2.11. The summed E-state index contributed by atoms with van der Waals surface area (Å²) in [5.74, 6) is 0. The van der Waals surface area contributed by atoms with Crippen LogP contribution in [0.5, 0.6) is 0 Å². The van der Waals surface area contributed by atoms with Gasteiger partial charge in [-0.15, -0.1) is 0 Å². The van der Waals surface area contributed by atoms with E-state index in [0.29, 0.717) is 0 Å². The molecule has 2 heterocycles. The van der Waals surface area contributed by atoms with Crippen LogP contribution in [0.1, 0.15) is 5.56 Å². The van der Waals surface area contributed by atoms with Crippen molar-refractivity contribution >= 4 is 22.7 Å². The number of para-hydroxylation sites is 1. The Bertz CT molecular complexity index is 737. The largest absolute Gasteiger partial charge is 0.316 e. The van der Waals surface area contributed by atoms with Crippen LogP contribution in [0.4, 0.5) is 0 Å². The van der Waals surface area contributed by atoms with Gasteiger partial charge in [0.05, 0.1) is 5.52 Å². The highest BCUT2D eigenvalue weighted by Crippen LogP contribution is 2.29. The monoisotopic (exact) mass is 285 g/mol. The highest BCUT2D eigenvalue weighted by molar-refractivity contribution is 7.99. The van der Waals surface area contributed by atoms with Gasteiger partial charge in [0, 0.05) is 19.0 Å². The molecule has 0 fully saturated rings. The second kappa shape index (κ2) is 5.60. The molecule has 0 bridgehead atoms. The number of hydrogen-bond acceptors (Lipinski definition) is 5. The Morgan fingerprint density at radius 3 is 2.90 bits per heavy atom. The van der Waals surface area contributed by atoms with Crippen molar-refractivity contribution < 1.29 is 0 Å². The second-order valence-corrected chi connectivity index (χ2v) is 5.40. The maximum atomic E-state index is 4.75. The SMILES string of the molecule is CNCc1cc2ccccc2nc1Sc1ncnn1C. The molecule has 0 unspecified atom stereocenters. The van der Waals surface area contributed by atoms with E-state index in [1.54, 1.807) is 22.8 Å². The maximum Gasteiger partial charge on any atom is 0.192 e. The van der Waals surface area contributed by atoms with Gasteiger partial charge < -0.3 is 5.32 Å². The number of aromatic nitrogens is 4. The van der Waals surface area contributed by atoms with E-state index in [2.05, 4.69) is 27.5 Å². The third-order valence-corrected chi connectivity index (χ3v) is 4.09. The molecule has 3 aromatic rings. The van der Waals surface area contributed by atoms with Crippen LogP contribution in [0.3, 0.4) is 0 Å². The molecule has 102 valence electrons. The fraction of sp³-hybridized carbons (Fsp3) is 0.214. The van der Waals surface area contributed by atoms with Crippen LogP contribution < -0.4 is 5.32 Å². The molecule has 0 aliphatic rings. The first-order valence-corrected chi connectivity index (χ1v) is 7.14. The van der Waals surface area contributed by atoms with Crippen LogP contribution in [0.2, 0.25) is 0 Å². The summed E-state index contributed by atoms with van der Waals surface area (Å²) in [6, 6.07) is 10.3. The lowest BCUT2D eigenvalue weighted by atomic mass is 10.1. The lowest BCUT2D eigenvalue weighted by Crippen LogP contribution is -2.07. The van der Waals surface area contributed by atoms with E-state index >= 15 is 0 Å². The zero-order valence-electron chi connectivity index (χ0n) is 11.4. The highest BCUT2D eigenvalue weighted by atomic mass is 32.2. The van der Waals surface area contributed by atoms with E-state index in [0.717, 1.165) is 27.6 Å². The van der Waals surface area contributed by atoms with Gasteiger partial charge in [-0.3, -0.25) is 0 Å². The molecule has 3 rings (SSSR count). The van der Waals surface area contributed by atoms with Crippen LogP contribution in [0.15, 0.2) is 46.8 Å². The summed E-state index contributed by atoms with van der Waals surface area (Å²) in [7, 11) is 3.82. The van der Waals surface area contributed by atoms with Crippen LogP contribution in [0.25, 0.3) is 10.9 Å². The quantitative estimate of drug-likeness (QED) is 0.796. The Hall–Kier alpha value is -1.92. The summed E-state index contributed by atoms with van der Waals surface area (Å²) in [5, 5.41) is 10.2. The van der Waals surface area contributed by atoms with E-state index in [9.17, 15) is 0 Å². The number of benzene rings is 1. The molecule has 1 N–H and O–H groups in total. The molecule has 0 saturated carbocycles. The van der Waals surface area contributed by atoms with Crippen molar-refractivity contribution in [2.75, 3.05) is 7.05 Å². The maximum absolute atomic E-state index is 4.75. The van der Waals surface area contributed by atoms with Gasteiger partial charge >= 0.3 is 0 Å². The number of fused-ring (bicyclic) bond motifs is 1. The minimum Gasteiger partial charge on any atom is -0.316 e. The number of hydrogen-bond donors (Lipinski definition) is 1. The molecule has 0 amide bonds. The average molecular weight is 285 g/mol. The molecule has 0 spiro atoms. The first-order valence-electron chi connectivity index (χ1n) is 6.33. The Morgan fingerprint density at radius 2 is 2.15 bits per heavy atom. The van der Waals surface area contributed by atoms with Gasteiger partial charge in [-0.05, 0) is 36.5 Å². The standard InChI is InChI=1S/C14H15N5S/c1-15-8-11-7-10-5-3-4-6-12(10)18-13(11)20-14-16-9-17-19(14)2/h3-7,9,15H,8H2,1-2H3. The summed E-state index contributed by atoms with van der Waals surface area (Å²) in [6.45, 7) is 0.776. The molecule has 6 heteroatoms. The predicted octanol–water partition coefficient (Wildman–Crippen LogP) is 2.23. The van der Waals surface area contributed by atoms with Gasteiger partial charge in [0.15, 0.2) is 5.16 Å². The van der Waals surface area contributed by atoms with E-state index < -0.39 is 0 Å². The predicted molar refractivity (Wildman–Crippen MR) is 79.6 cm³/mol. The fourth-order valence-corrected chi connectivity index (χ4v) is 2.87. The van der Waals surface area contributed by atoms with Gasteiger partial charge in [0.25, 0.3) is 0 Å². The molecular formula is C14H15N5S. The summed E-state index contributed by atoms with van der Waals surface area (Å²) in [4.78, 5) is 9.00. The Balaban J connectivity index is 2.07. The molecule has 0 aliphatic carbocycles. The first kappa shape index (κ1) is 13.1. The van der Waals surface area contributed by atoms with Gasteiger partial charge in [-0.2, -0.15) is 5.10 Å².